The lowest BCUT2D eigenvalue weighted by molar-refractivity contribution is 0.571. The highest BCUT2D eigenvalue weighted by molar-refractivity contribution is 9.10. The summed E-state index contributed by atoms with van der Waals surface area (Å²) in [6.07, 6.45) is 1.16. The van der Waals surface area contributed by atoms with Crippen molar-refractivity contribution >= 4 is 26.8 Å². The van der Waals surface area contributed by atoms with Crippen molar-refractivity contribution in [2.24, 2.45) is 0 Å². The number of hydrogen-bond acceptors (Lipinski definition) is 1. The molecule has 2 rings (SSSR count). The van der Waals surface area contributed by atoms with E-state index in [0.29, 0.717) is 6.04 Å². The van der Waals surface area contributed by atoms with Gasteiger partial charge in [-0.3, -0.25) is 0 Å². The van der Waals surface area contributed by atoms with Crippen molar-refractivity contribution in [1.82, 2.24) is 10.3 Å². The highest BCUT2D eigenvalue weighted by Gasteiger charge is 2.15. The van der Waals surface area contributed by atoms with Crippen molar-refractivity contribution in [2.45, 2.75) is 40.2 Å². The van der Waals surface area contributed by atoms with Gasteiger partial charge in [0, 0.05) is 27.1 Å². The van der Waals surface area contributed by atoms with E-state index in [0.717, 1.165) is 17.4 Å². The van der Waals surface area contributed by atoms with Crippen LogP contribution in [0.4, 0.5) is 0 Å². The monoisotopic (exact) mass is 308 g/mol. The van der Waals surface area contributed by atoms with Crippen LogP contribution >= 0.6 is 15.9 Å². The average Bonchev–Trinajstić information content (AvgIpc) is 2.63. The summed E-state index contributed by atoms with van der Waals surface area (Å²) in [5.74, 6) is 0. The third-order valence-corrected chi connectivity index (χ3v) is 3.90. The zero-order valence-electron chi connectivity index (χ0n) is 11.5. The molecule has 18 heavy (non-hydrogen) atoms. The Labute approximate surface area is 117 Å². The lowest BCUT2D eigenvalue weighted by Crippen LogP contribution is -2.19. The van der Waals surface area contributed by atoms with Crippen LogP contribution < -0.4 is 5.32 Å². The molecule has 0 radical (unpaired) electrons. The molecule has 0 aliphatic carbocycles. The van der Waals surface area contributed by atoms with Gasteiger partial charge in [0.15, 0.2) is 0 Å². The lowest BCUT2D eigenvalue weighted by atomic mass is 10.0. The molecule has 0 saturated heterocycles. The van der Waals surface area contributed by atoms with Gasteiger partial charge < -0.3 is 10.3 Å². The fourth-order valence-electron chi connectivity index (χ4n) is 2.60. The number of halogens is 1. The van der Waals surface area contributed by atoms with Crippen molar-refractivity contribution in [1.29, 1.82) is 0 Å². The van der Waals surface area contributed by atoms with Crippen molar-refractivity contribution in [3.8, 4) is 0 Å². The number of fused-ring (bicyclic) bond motifs is 1. The Morgan fingerprint density at radius 1 is 1.33 bits per heavy atom. The Morgan fingerprint density at radius 2 is 2.06 bits per heavy atom. The smallest absolute Gasteiger partial charge is 0.0489 e. The Kier molecular flexibility index (Phi) is 4.13. The van der Waals surface area contributed by atoms with Gasteiger partial charge in [0.1, 0.15) is 0 Å². The van der Waals surface area contributed by atoms with E-state index in [1.807, 2.05) is 0 Å². The maximum absolute atomic E-state index is 3.59. The van der Waals surface area contributed by atoms with E-state index in [2.05, 4.69) is 66.1 Å². The number of aromatic nitrogens is 1. The van der Waals surface area contributed by atoms with Gasteiger partial charge in [-0.05, 0) is 57.0 Å². The van der Waals surface area contributed by atoms with Gasteiger partial charge in [0.05, 0.1) is 0 Å². The Morgan fingerprint density at radius 3 is 2.72 bits per heavy atom. The van der Waals surface area contributed by atoms with Gasteiger partial charge in [0.25, 0.3) is 0 Å². The topological polar surface area (TPSA) is 27.8 Å². The minimum atomic E-state index is 0.382. The summed E-state index contributed by atoms with van der Waals surface area (Å²) in [7, 11) is 0. The fraction of sp³-hybridized carbons (Fsp3) is 0.467. The van der Waals surface area contributed by atoms with Gasteiger partial charge in [0.2, 0.25) is 0 Å². The highest BCUT2D eigenvalue weighted by Crippen LogP contribution is 2.32. The van der Waals surface area contributed by atoms with Gasteiger partial charge in [-0.25, -0.2) is 0 Å². The number of benzene rings is 1. The van der Waals surface area contributed by atoms with E-state index in [4.69, 9.17) is 0 Å². The minimum Gasteiger partial charge on any atom is -0.358 e. The molecule has 1 aromatic carbocycles. The molecule has 2 nitrogen and oxygen atoms in total. The molecule has 0 spiro atoms. The second-order valence-corrected chi connectivity index (χ2v) is 5.90. The van der Waals surface area contributed by atoms with Crippen LogP contribution in [0, 0.1) is 13.8 Å². The molecule has 0 fully saturated rings. The van der Waals surface area contributed by atoms with Crippen LogP contribution in [0.2, 0.25) is 0 Å². The maximum Gasteiger partial charge on any atom is 0.0489 e. The minimum absolute atomic E-state index is 0.382. The molecule has 0 aliphatic rings. The van der Waals surface area contributed by atoms with Gasteiger partial charge in [-0.1, -0.05) is 22.9 Å². The Balaban J connectivity index is 2.52. The van der Waals surface area contributed by atoms with E-state index in [-0.39, 0.29) is 0 Å². The maximum atomic E-state index is 3.59. The number of aryl methyl sites for hydroxylation is 2. The Hall–Kier alpha value is -0.800. The first-order chi connectivity index (χ1) is 8.54. The van der Waals surface area contributed by atoms with Gasteiger partial charge in [-0.15, -0.1) is 0 Å². The van der Waals surface area contributed by atoms with Gasteiger partial charge >= 0.3 is 0 Å². The molecular weight excluding hydrogens is 288 g/mol. The summed E-state index contributed by atoms with van der Waals surface area (Å²) in [4.78, 5) is 3.52. The summed E-state index contributed by atoms with van der Waals surface area (Å²) < 4.78 is 1.15. The van der Waals surface area contributed by atoms with E-state index < -0.39 is 0 Å². The number of aromatic amines is 1. The van der Waals surface area contributed by atoms with Crippen LogP contribution in [-0.4, -0.2) is 11.5 Å². The number of nitrogens with one attached hydrogen (secondary N) is 2. The number of H-pyrrole nitrogens is 1. The van der Waals surface area contributed by atoms with E-state index in [1.54, 1.807) is 0 Å². The second-order valence-electron chi connectivity index (χ2n) is 4.98. The van der Waals surface area contributed by atoms with E-state index >= 15 is 0 Å². The summed E-state index contributed by atoms with van der Waals surface area (Å²) in [6.45, 7) is 9.80. The predicted octanol–water partition coefficient (Wildman–Crippen LogP) is 4.61. The zero-order chi connectivity index (χ0) is 13.3. The quantitative estimate of drug-likeness (QED) is 0.848. The molecule has 1 unspecified atom stereocenters. The highest BCUT2D eigenvalue weighted by atomic mass is 79.9. The Bertz CT molecular complexity index is 557. The summed E-state index contributed by atoms with van der Waals surface area (Å²) >= 11 is 3.59. The first kappa shape index (κ1) is 13.6. The van der Waals surface area contributed by atoms with Crippen LogP contribution in [0.15, 0.2) is 16.6 Å². The molecule has 98 valence electrons. The molecule has 1 aromatic heterocycles. The SMILES string of the molecule is CCCNC(C)c1c(C)[nH]c2c(C)cc(Br)cc12. The molecule has 0 saturated carbocycles. The van der Waals surface area contributed by atoms with Crippen molar-refractivity contribution in [3.05, 3.63) is 33.4 Å². The van der Waals surface area contributed by atoms with Crippen molar-refractivity contribution in [2.75, 3.05) is 6.54 Å². The normalized spacial score (nSPS) is 13.2. The summed E-state index contributed by atoms with van der Waals surface area (Å²) in [5.41, 5.74) is 5.21. The molecule has 2 N–H and O–H groups in total. The largest absolute Gasteiger partial charge is 0.358 e. The van der Waals surface area contributed by atoms with Crippen molar-refractivity contribution in [3.63, 3.8) is 0 Å². The number of rotatable bonds is 4. The van der Waals surface area contributed by atoms with Crippen LogP contribution in [0.3, 0.4) is 0 Å². The molecule has 2 aromatic rings. The summed E-state index contributed by atoms with van der Waals surface area (Å²) in [5, 5.41) is 4.90. The number of hydrogen-bond donors (Lipinski definition) is 2. The molecule has 1 atom stereocenters. The fourth-order valence-corrected chi connectivity index (χ4v) is 3.17. The third kappa shape index (κ3) is 2.47. The molecule has 0 aliphatic heterocycles. The van der Waals surface area contributed by atoms with Crippen LogP contribution in [0.25, 0.3) is 10.9 Å². The molecular formula is C15H21BrN2. The van der Waals surface area contributed by atoms with E-state index in [1.165, 1.54) is 27.7 Å². The summed E-state index contributed by atoms with van der Waals surface area (Å²) in [6, 6.07) is 4.75. The molecule has 1 heterocycles. The van der Waals surface area contributed by atoms with Crippen LogP contribution in [0.5, 0.6) is 0 Å². The van der Waals surface area contributed by atoms with Crippen LogP contribution in [-0.2, 0) is 0 Å². The molecule has 0 bridgehead atoms. The zero-order valence-corrected chi connectivity index (χ0v) is 13.1. The standard InChI is InChI=1S/C15H21BrN2/c1-5-6-17-10(3)14-11(4)18-15-9(2)7-12(16)8-13(14)15/h7-8,10,17-18H,5-6H2,1-4H3. The second kappa shape index (κ2) is 5.45. The molecule has 0 amide bonds. The molecule has 3 heteroatoms. The van der Waals surface area contributed by atoms with Gasteiger partial charge in [-0.2, -0.15) is 0 Å². The van der Waals surface area contributed by atoms with E-state index in [9.17, 15) is 0 Å². The first-order valence-electron chi connectivity index (χ1n) is 6.56. The van der Waals surface area contributed by atoms with Crippen molar-refractivity contribution < 1.29 is 0 Å². The average molecular weight is 309 g/mol. The predicted molar refractivity (Wildman–Crippen MR) is 82.2 cm³/mol. The third-order valence-electron chi connectivity index (χ3n) is 3.44. The lowest BCUT2D eigenvalue weighted by Gasteiger charge is -2.14. The van der Waals surface area contributed by atoms with Crippen LogP contribution in [0.1, 0.15) is 43.1 Å². The first-order valence-corrected chi connectivity index (χ1v) is 7.35.